The van der Waals surface area contributed by atoms with E-state index in [4.69, 9.17) is 28.6 Å². The number of piperazine rings is 1. The second-order valence-electron chi connectivity index (χ2n) is 6.60. The van der Waals surface area contributed by atoms with Crippen molar-refractivity contribution in [2.24, 2.45) is 0 Å². The third kappa shape index (κ3) is 5.58. The molecule has 0 spiro atoms. The minimum absolute atomic E-state index is 0.0337. The molecule has 0 aliphatic carbocycles. The zero-order chi connectivity index (χ0) is 19.9. The highest BCUT2D eigenvalue weighted by atomic mass is 35.5. The third-order valence-electron chi connectivity index (χ3n) is 4.64. The number of thiocarbonyl (C=S) groups is 1. The molecule has 1 aliphatic rings. The molecule has 8 heteroatoms. The number of hydrogen-bond donors (Lipinski definition) is 3. The highest BCUT2D eigenvalue weighted by molar-refractivity contribution is 7.80. The molecule has 0 saturated carbocycles. The van der Waals surface area contributed by atoms with Crippen molar-refractivity contribution in [2.75, 3.05) is 50.5 Å². The molecule has 6 nitrogen and oxygen atoms in total. The van der Waals surface area contributed by atoms with Crippen molar-refractivity contribution in [3.63, 3.8) is 0 Å². The SMILES string of the molecule is COc1cccc(NC(=S)N2CC[NH+](CC(=O)Nc3ccccc3Cl)CC2)c1. The van der Waals surface area contributed by atoms with E-state index in [9.17, 15) is 4.79 Å². The molecule has 3 rings (SSSR count). The quantitative estimate of drug-likeness (QED) is 0.646. The molecule has 2 aromatic carbocycles. The molecule has 1 fully saturated rings. The van der Waals surface area contributed by atoms with Crippen LogP contribution in [0.1, 0.15) is 0 Å². The largest absolute Gasteiger partial charge is 0.497 e. The van der Waals surface area contributed by atoms with Crippen molar-refractivity contribution in [1.29, 1.82) is 0 Å². The van der Waals surface area contributed by atoms with Gasteiger partial charge in [0.15, 0.2) is 11.7 Å². The van der Waals surface area contributed by atoms with Crippen LogP contribution in [0.25, 0.3) is 0 Å². The van der Waals surface area contributed by atoms with Crippen molar-refractivity contribution in [2.45, 2.75) is 0 Å². The van der Waals surface area contributed by atoms with Gasteiger partial charge in [-0.3, -0.25) is 4.79 Å². The van der Waals surface area contributed by atoms with Crippen LogP contribution >= 0.6 is 23.8 Å². The second kappa shape index (κ2) is 9.73. The van der Waals surface area contributed by atoms with Gasteiger partial charge < -0.3 is 25.2 Å². The molecule has 0 radical (unpaired) electrons. The molecule has 0 bridgehead atoms. The standard InChI is InChI=1S/C20H23ClN4O2S/c1-27-16-6-4-5-15(13-16)22-20(28)25-11-9-24(10-12-25)14-19(26)23-18-8-3-2-7-17(18)21/h2-8,13H,9-12,14H2,1H3,(H,22,28)(H,23,26)/p+1. The predicted octanol–water partition coefficient (Wildman–Crippen LogP) is 1.88. The second-order valence-corrected chi connectivity index (χ2v) is 7.40. The average molecular weight is 420 g/mol. The molecule has 3 N–H and O–H groups in total. The molecular formula is C20H24ClN4O2S+. The Morgan fingerprint density at radius 3 is 2.64 bits per heavy atom. The Morgan fingerprint density at radius 1 is 1.18 bits per heavy atom. The van der Waals surface area contributed by atoms with E-state index in [0.717, 1.165) is 37.6 Å². The topological polar surface area (TPSA) is 58.0 Å². The fourth-order valence-corrected chi connectivity index (χ4v) is 3.57. The molecule has 148 valence electrons. The monoisotopic (exact) mass is 419 g/mol. The van der Waals surface area contributed by atoms with Crippen LogP contribution in [-0.2, 0) is 4.79 Å². The Morgan fingerprint density at radius 2 is 1.93 bits per heavy atom. The van der Waals surface area contributed by atoms with Crippen molar-refractivity contribution >= 4 is 46.2 Å². The lowest BCUT2D eigenvalue weighted by molar-refractivity contribution is -0.895. The number of carbonyl (C=O) groups excluding carboxylic acids is 1. The third-order valence-corrected chi connectivity index (χ3v) is 5.33. The van der Waals surface area contributed by atoms with Crippen LogP contribution in [0.2, 0.25) is 5.02 Å². The van der Waals surface area contributed by atoms with E-state index < -0.39 is 0 Å². The van der Waals surface area contributed by atoms with Gasteiger partial charge in [-0.25, -0.2) is 0 Å². The smallest absolute Gasteiger partial charge is 0.279 e. The van der Waals surface area contributed by atoms with Crippen molar-refractivity contribution in [3.05, 3.63) is 53.6 Å². The van der Waals surface area contributed by atoms with Gasteiger partial charge in [-0.1, -0.05) is 29.8 Å². The Kier molecular flexibility index (Phi) is 7.08. The lowest BCUT2D eigenvalue weighted by Gasteiger charge is -2.33. The zero-order valence-electron chi connectivity index (χ0n) is 15.7. The maximum absolute atomic E-state index is 12.3. The van der Waals surface area contributed by atoms with Crippen LogP contribution in [0, 0.1) is 0 Å². The lowest BCUT2D eigenvalue weighted by Crippen LogP contribution is -3.15. The number of rotatable bonds is 5. The van der Waals surface area contributed by atoms with Crippen LogP contribution in [0.5, 0.6) is 5.75 Å². The summed E-state index contributed by atoms with van der Waals surface area (Å²) in [5.74, 6) is 0.750. The lowest BCUT2D eigenvalue weighted by atomic mass is 10.3. The number of carbonyl (C=O) groups is 1. The first-order valence-corrected chi connectivity index (χ1v) is 9.91. The number of benzene rings is 2. The van der Waals surface area contributed by atoms with Crippen molar-refractivity contribution < 1.29 is 14.4 Å². The summed E-state index contributed by atoms with van der Waals surface area (Å²) in [6.45, 7) is 3.69. The fourth-order valence-electron chi connectivity index (χ4n) is 3.09. The highest BCUT2D eigenvalue weighted by Gasteiger charge is 2.24. The molecule has 0 aromatic heterocycles. The maximum atomic E-state index is 12.3. The highest BCUT2D eigenvalue weighted by Crippen LogP contribution is 2.20. The van der Waals surface area contributed by atoms with Gasteiger partial charge in [0.1, 0.15) is 5.75 Å². The first kappa shape index (κ1) is 20.4. The zero-order valence-corrected chi connectivity index (χ0v) is 17.3. The molecule has 1 saturated heterocycles. The van der Waals surface area contributed by atoms with Gasteiger partial charge in [0.2, 0.25) is 0 Å². The minimum atomic E-state index is -0.0337. The van der Waals surface area contributed by atoms with Gasteiger partial charge in [0, 0.05) is 11.8 Å². The van der Waals surface area contributed by atoms with E-state index in [-0.39, 0.29) is 5.91 Å². The molecule has 28 heavy (non-hydrogen) atoms. The number of nitrogens with one attached hydrogen (secondary N) is 3. The summed E-state index contributed by atoms with van der Waals surface area (Å²) >= 11 is 11.6. The first-order valence-electron chi connectivity index (χ1n) is 9.13. The number of methoxy groups -OCH3 is 1. The summed E-state index contributed by atoms with van der Waals surface area (Å²) in [4.78, 5) is 15.7. The summed E-state index contributed by atoms with van der Waals surface area (Å²) in [5.41, 5.74) is 1.55. The van der Waals surface area contributed by atoms with Crippen molar-refractivity contribution in [1.82, 2.24) is 4.90 Å². The summed E-state index contributed by atoms with van der Waals surface area (Å²) in [5, 5.41) is 7.37. The summed E-state index contributed by atoms with van der Waals surface area (Å²) in [6, 6.07) is 14.9. The van der Waals surface area contributed by atoms with Gasteiger partial charge in [0.25, 0.3) is 5.91 Å². The van der Waals surface area contributed by atoms with Gasteiger partial charge in [0.05, 0.1) is 44.0 Å². The summed E-state index contributed by atoms with van der Waals surface area (Å²) in [6.07, 6.45) is 0. The number of quaternary nitrogens is 1. The first-order chi connectivity index (χ1) is 13.5. The Bertz CT molecular complexity index is 840. The number of halogens is 1. The number of anilines is 2. The molecule has 0 atom stereocenters. The molecule has 1 heterocycles. The number of amides is 1. The van der Waals surface area contributed by atoms with Crippen molar-refractivity contribution in [3.8, 4) is 5.75 Å². The fraction of sp³-hybridized carbons (Fsp3) is 0.300. The van der Waals surface area contributed by atoms with E-state index in [0.29, 0.717) is 22.4 Å². The normalized spacial score (nSPS) is 14.4. The van der Waals surface area contributed by atoms with E-state index in [1.807, 2.05) is 36.4 Å². The van der Waals surface area contributed by atoms with Crippen LogP contribution in [-0.4, -0.2) is 55.8 Å². The number of ether oxygens (including phenoxy) is 1. The van der Waals surface area contributed by atoms with Gasteiger partial charge in [-0.2, -0.15) is 0 Å². The molecular weight excluding hydrogens is 396 g/mol. The van der Waals surface area contributed by atoms with Crippen LogP contribution in [0.4, 0.5) is 11.4 Å². The van der Waals surface area contributed by atoms with Crippen LogP contribution in [0.15, 0.2) is 48.5 Å². The summed E-state index contributed by atoms with van der Waals surface area (Å²) < 4.78 is 5.24. The Balaban J connectivity index is 1.45. The predicted molar refractivity (Wildman–Crippen MR) is 116 cm³/mol. The van der Waals surface area contributed by atoms with Gasteiger partial charge >= 0.3 is 0 Å². The number of hydrogen-bond acceptors (Lipinski definition) is 3. The van der Waals surface area contributed by atoms with Gasteiger partial charge in [-0.15, -0.1) is 0 Å². The Labute approximate surface area is 175 Å². The number of nitrogens with zero attached hydrogens (tertiary/aromatic N) is 1. The van der Waals surface area contributed by atoms with Crippen LogP contribution in [0.3, 0.4) is 0 Å². The molecule has 1 aliphatic heterocycles. The van der Waals surface area contributed by atoms with Gasteiger partial charge in [-0.05, 0) is 36.5 Å². The minimum Gasteiger partial charge on any atom is -0.497 e. The molecule has 1 amide bonds. The van der Waals surface area contributed by atoms with E-state index in [1.54, 1.807) is 19.2 Å². The number of para-hydroxylation sites is 1. The average Bonchev–Trinajstić information content (AvgIpc) is 2.70. The summed E-state index contributed by atoms with van der Waals surface area (Å²) in [7, 11) is 1.64. The van der Waals surface area contributed by atoms with E-state index in [2.05, 4.69) is 15.5 Å². The van der Waals surface area contributed by atoms with Crippen LogP contribution < -0.4 is 20.3 Å². The maximum Gasteiger partial charge on any atom is 0.279 e. The Hall–Kier alpha value is -2.35. The van der Waals surface area contributed by atoms with E-state index >= 15 is 0 Å². The molecule has 2 aromatic rings. The molecule has 0 unspecified atom stereocenters. The van der Waals surface area contributed by atoms with E-state index in [1.165, 1.54) is 4.90 Å².